The standard InChI is InChI=1S/C48H30O/c1-2-14-32(15-3-1)46-39-20-6-8-22-41(39)47(42-23-9-7-21-40(42)46)35-18-10-17-33(29-35)34-27-28-38-44-26-12-25-43(48(44)49-45(38)30-34)37-24-11-16-31-13-4-5-19-36(31)37/h1-30H/i1D,2D,3D,6D,7D,8D,9D,10D,14D,15D,17D,18D,20D,21D,22D,23D,29D. The molecule has 0 N–H and O–H groups in total. The maximum absolute atomic E-state index is 9.83. The van der Waals surface area contributed by atoms with Gasteiger partial charge in [-0.3, -0.25) is 0 Å². The van der Waals surface area contributed by atoms with Gasteiger partial charge in [0, 0.05) is 16.3 Å². The molecule has 1 nitrogen and oxygen atoms in total. The molecule has 0 aliphatic carbocycles. The van der Waals surface area contributed by atoms with Crippen LogP contribution in [0.5, 0.6) is 0 Å². The van der Waals surface area contributed by atoms with Crippen LogP contribution in [0.1, 0.15) is 23.3 Å². The number of rotatable bonds is 4. The predicted molar refractivity (Wildman–Crippen MR) is 208 cm³/mol. The second kappa shape index (κ2) is 11.1. The summed E-state index contributed by atoms with van der Waals surface area (Å²) in [6, 6.07) is 11.5. The Morgan fingerprint density at radius 2 is 0.980 bits per heavy atom. The van der Waals surface area contributed by atoms with E-state index in [4.69, 9.17) is 18.1 Å². The van der Waals surface area contributed by atoms with Gasteiger partial charge in [0.2, 0.25) is 0 Å². The number of benzene rings is 9. The van der Waals surface area contributed by atoms with E-state index in [1.54, 1.807) is 18.2 Å². The van der Waals surface area contributed by atoms with Gasteiger partial charge in [0.1, 0.15) is 11.2 Å². The van der Waals surface area contributed by atoms with E-state index in [0.29, 0.717) is 16.6 Å². The summed E-state index contributed by atoms with van der Waals surface area (Å²) in [5.41, 5.74) is 0.588. The number of furan rings is 1. The van der Waals surface area contributed by atoms with Crippen LogP contribution in [0.15, 0.2) is 186 Å². The van der Waals surface area contributed by atoms with Crippen LogP contribution < -0.4 is 0 Å². The quantitative estimate of drug-likeness (QED) is 0.175. The van der Waals surface area contributed by atoms with Crippen molar-refractivity contribution in [2.45, 2.75) is 0 Å². The minimum Gasteiger partial charge on any atom is -0.455 e. The van der Waals surface area contributed by atoms with Crippen LogP contribution in [0.25, 0.3) is 98.8 Å². The Bertz CT molecular complexity index is 3740. The van der Waals surface area contributed by atoms with Gasteiger partial charge < -0.3 is 4.42 Å². The Morgan fingerprint density at radius 3 is 1.76 bits per heavy atom. The zero-order chi connectivity index (χ0) is 47.1. The Kier molecular flexibility index (Phi) is 3.54. The first-order valence-electron chi connectivity index (χ1n) is 24.0. The molecule has 0 aliphatic heterocycles. The van der Waals surface area contributed by atoms with Crippen molar-refractivity contribution in [3.05, 3.63) is 182 Å². The molecule has 0 radical (unpaired) electrons. The molecule has 0 atom stereocenters. The number of fused-ring (bicyclic) bond motifs is 6. The molecule has 0 aliphatic rings. The summed E-state index contributed by atoms with van der Waals surface area (Å²) in [6.07, 6.45) is 0. The van der Waals surface area contributed by atoms with Gasteiger partial charge in [-0.2, -0.15) is 0 Å². The van der Waals surface area contributed by atoms with E-state index in [0.717, 1.165) is 27.3 Å². The Labute approximate surface area is 308 Å². The predicted octanol–water partition coefficient (Wildman–Crippen LogP) is 13.7. The lowest BCUT2D eigenvalue weighted by Crippen LogP contribution is -1.91. The maximum Gasteiger partial charge on any atom is 0.143 e. The van der Waals surface area contributed by atoms with Gasteiger partial charge in [-0.05, 0) is 89.4 Å². The molecular formula is C48H30O. The van der Waals surface area contributed by atoms with Crippen molar-refractivity contribution in [3.8, 4) is 44.5 Å². The van der Waals surface area contributed by atoms with Crippen molar-refractivity contribution in [2.24, 2.45) is 0 Å². The smallest absolute Gasteiger partial charge is 0.143 e. The van der Waals surface area contributed by atoms with Crippen LogP contribution in [0, 0.1) is 0 Å². The topological polar surface area (TPSA) is 13.1 Å². The lowest BCUT2D eigenvalue weighted by molar-refractivity contribution is 0.670. The van der Waals surface area contributed by atoms with Crippen molar-refractivity contribution in [3.63, 3.8) is 0 Å². The summed E-state index contributed by atoms with van der Waals surface area (Å²) in [5.74, 6) is 0. The number of para-hydroxylation sites is 1. The summed E-state index contributed by atoms with van der Waals surface area (Å²) < 4.78 is 159. The Balaban J connectivity index is 1.34. The average molecular weight is 640 g/mol. The molecule has 9 aromatic carbocycles. The molecule has 0 spiro atoms. The Morgan fingerprint density at radius 1 is 0.388 bits per heavy atom. The Hall–Kier alpha value is -6.44. The van der Waals surface area contributed by atoms with Gasteiger partial charge in [0.05, 0.1) is 23.3 Å². The summed E-state index contributed by atoms with van der Waals surface area (Å²) in [5, 5.41) is 1.49. The molecule has 1 heterocycles. The molecule has 1 aromatic heterocycles. The minimum atomic E-state index is -0.824. The first kappa shape index (κ1) is 15.6. The van der Waals surface area contributed by atoms with E-state index >= 15 is 0 Å². The SMILES string of the molecule is [2H]c1c([2H])c([2H])c(-c2c3c([2H])c([2H])c([2H])c([2H])c3c(-c3c([2H])c([2H])c([2H])c(-c4ccc5c(c4)oc4c(-c6cccc7ccccc67)cccc45)c3[2H])c3c([2H])c([2H])c([2H])c([2H])c23)c([2H])c1[2H]. The van der Waals surface area contributed by atoms with E-state index in [1.807, 2.05) is 60.7 Å². The molecule has 0 saturated heterocycles. The largest absolute Gasteiger partial charge is 0.455 e. The zero-order valence-corrected chi connectivity index (χ0v) is 25.4. The van der Waals surface area contributed by atoms with Crippen LogP contribution in [-0.4, -0.2) is 0 Å². The molecule has 0 saturated carbocycles. The molecule has 0 bridgehead atoms. The van der Waals surface area contributed by atoms with Gasteiger partial charge in [-0.15, -0.1) is 0 Å². The molecule has 0 unspecified atom stereocenters. The fourth-order valence-corrected chi connectivity index (χ4v) is 6.74. The van der Waals surface area contributed by atoms with Crippen LogP contribution in [0.4, 0.5) is 0 Å². The zero-order valence-electron chi connectivity index (χ0n) is 42.4. The summed E-state index contributed by atoms with van der Waals surface area (Å²) >= 11 is 0. The number of hydrogen-bond acceptors (Lipinski definition) is 1. The summed E-state index contributed by atoms with van der Waals surface area (Å²) in [7, 11) is 0. The van der Waals surface area contributed by atoms with E-state index in [9.17, 15) is 9.60 Å². The highest BCUT2D eigenvalue weighted by Gasteiger charge is 2.18. The fraction of sp³-hybridized carbons (Fsp3) is 0. The van der Waals surface area contributed by atoms with Gasteiger partial charge in [-0.1, -0.05) is 163 Å². The minimum absolute atomic E-state index is 0.194. The fourth-order valence-electron chi connectivity index (χ4n) is 6.74. The molecule has 0 amide bonds. The third-order valence-corrected chi connectivity index (χ3v) is 8.87. The van der Waals surface area contributed by atoms with Crippen molar-refractivity contribution in [1.82, 2.24) is 0 Å². The lowest BCUT2D eigenvalue weighted by atomic mass is 9.85. The maximum atomic E-state index is 9.83. The van der Waals surface area contributed by atoms with Crippen molar-refractivity contribution < 1.29 is 27.7 Å². The summed E-state index contributed by atoms with van der Waals surface area (Å²) in [4.78, 5) is 0. The van der Waals surface area contributed by atoms with Gasteiger partial charge in [-0.25, -0.2) is 0 Å². The van der Waals surface area contributed by atoms with Crippen LogP contribution >= 0.6 is 0 Å². The monoisotopic (exact) mass is 639 g/mol. The van der Waals surface area contributed by atoms with Crippen molar-refractivity contribution in [2.75, 3.05) is 0 Å². The van der Waals surface area contributed by atoms with Crippen LogP contribution in [-0.2, 0) is 0 Å². The molecule has 0 fully saturated rings. The lowest BCUT2D eigenvalue weighted by Gasteiger charge is -2.18. The van der Waals surface area contributed by atoms with E-state index < -0.39 is 147 Å². The second-order valence-electron chi connectivity index (χ2n) is 11.5. The van der Waals surface area contributed by atoms with E-state index in [1.165, 1.54) is 0 Å². The van der Waals surface area contributed by atoms with E-state index in [-0.39, 0.29) is 11.1 Å². The van der Waals surface area contributed by atoms with Crippen molar-refractivity contribution >= 4 is 54.3 Å². The van der Waals surface area contributed by atoms with Crippen molar-refractivity contribution in [1.29, 1.82) is 0 Å². The molecule has 1 heteroatoms. The first-order chi connectivity index (χ1) is 31.4. The van der Waals surface area contributed by atoms with Gasteiger partial charge in [0.15, 0.2) is 0 Å². The normalized spacial score (nSPS) is 16.5. The highest BCUT2D eigenvalue weighted by molar-refractivity contribution is 6.21. The first-order valence-corrected chi connectivity index (χ1v) is 15.5. The van der Waals surface area contributed by atoms with Crippen LogP contribution in [0.3, 0.4) is 0 Å². The van der Waals surface area contributed by atoms with Gasteiger partial charge in [0.25, 0.3) is 0 Å². The third-order valence-electron chi connectivity index (χ3n) is 8.87. The highest BCUT2D eigenvalue weighted by atomic mass is 16.3. The molecule has 49 heavy (non-hydrogen) atoms. The third kappa shape index (κ3) is 4.40. The molecule has 10 rings (SSSR count). The van der Waals surface area contributed by atoms with E-state index in [2.05, 4.69) is 0 Å². The van der Waals surface area contributed by atoms with Crippen LogP contribution in [0.2, 0.25) is 0 Å². The van der Waals surface area contributed by atoms with Gasteiger partial charge >= 0.3 is 0 Å². The molecule has 228 valence electrons. The average Bonchev–Trinajstić information content (AvgIpc) is 3.70. The molecule has 10 aromatic rings. The molecular weight excluding hydrogens is 593 g/mol. The highest BCUT2D eigenvalue weighted by Crippen LogP contribution is 2.45. The summed E-state index contributed by atoms with van der Waals surface area (Å²) in [6.45, 7) is 0. The number of hydrogen-bond donors (Lipinski definition) is 0. The second-order valence-corrected chi connectivity index (χ2v) is 11.5.